The minimum atomic E-state index is 0.141. The smallest absolute Gasteiger partial charge is 0.160 e. The van der Waals surface area contributed by atoms with Crippen LogP contribution in [0.4, 0.5) is 0 Å². The van der Waals surface area contributed by atoms with Crippen molar-refractivity contribution in [3.8, 4) is 11.5 Å². The largest absolute Gasteiger partial charge is 0.493 e. The third-order valence-electron chi connectivity index (χ3n) is 3.99. The average Bonchev–Trinajstić information content (AvgIpc) is 2.37. The Balaban J connectivity index is 2.69. The van der Waals surface area contributed by atoms with Crippen LogP contribution in [0.25, 0.3) is 0 Å². The van der Waals surface area contributed by atoms with Crippen molar-refractivity contribution in [2.24, 2.45) is 11.3 Å². The van der Waals surface area contributed by atoms with E-state index in [0.717, 1.165) is 24.3 Å². The number of hydrogen-bond acceptors (Lipinski definition) is 2. The van der Waals surface area contributed by atoms with Gasteiger partial charge in [0.1, 0.15) is 0 Å². The molecule has 0 saturated heterocycles. The highest BCUT2D eigenvalue weighted by atomic mass is 35.5. The SMILES string of the molecule is COc1ccc(CC(Cl)CC(C)C(C)(C)C)cc1OC. The fraction of sp³-hybridized carbons (Fsp3) is 0.647. The lowest BCUT2D eigenvalue weighted by Crippen LogP contribution is -2.21. The standard InChI is InChI=1S/C17H27ClO2/c1-12(17(2,3)4)9-14(18)10-13-7-8-15(19-5)16(11-13)20-6/h7-8,11-12,14H,9-10H2,1-6H3. The summed E-state index contributed by atoms with van der Waals surface area (Å²) < 4.78 is 10.6. The number of hydrogen-bond donors (Lipinski definition) is 0. The molecule has 0 N–H and O–H groups in total. The van der Waals surface area contributed by atoms with Crippen LogP contribution in [-0.4, -0.2) is 19.6 Å². The van der Waals surface area contributed by atoms with Crippen LogP contribution in [0.15, 0.2) is 18.2 Å². The summed E-state index contributed by atoms with van der Waals surface area (Å²) in [5.74, 6) is 2.10. The van der Waals surface area contributed by atoms with Gasteiger partial charge in [0, 0.05) is 5.38 Å². The predicted octanol–water partition coefficient (Wildman–Crippen LogP) is 4.93. The number of benzene rings is 1. The number of methoxy groups -OCH3 is 2. The maximum Gasteiger partial charge on any atom is 0.160 e. The van der Waals surface area contributed by atoms with E-state index >= 15 is 0 Å². The Morgan fingerprint density at radius 3 is 2.20 bits per heavy atom. The average molecular weight is 299 g/mol. The van der Waals surface area contributed by atoms with Gasteiger partial charge in [-0.25, -0.2) is 0 Å². The molecule has 0 aliphatic carbocycles. The molecule has 0 aliphatic heterocycles. The molecule has 0 aromatic heterocycles. The highest BCUT2D eigenvalue weighted by molar-refractivity contribution is 6.20. The number of rotatable bonds is 6. The van der Waals surface area contributed by atoms with Crippen molar-refractivity contribution in [2.45, 2.75) is 45.9 Å². The number of ether oxygens (including phenoxy) is 2. The van der Waals surface area contributed by atoms with Crippen LogP contribution in [0.1, 0.15) is 39.7 Å². The van der Waals surface area contributed by atoms with Gasteiger partial charge in [-0.3, -0.25) is 0 Å². The molecule has 2 nitrogen and oxygen atoms in total. The van der Waals surface area contributed by atoms with Crippen LogP contribution >= 0.6 is 11.6 Å². The minimum absolute atomic E-state index is 0.141. The van der Waals surface area contributed by atoms with Crippen molar-refractivity contribution < 1.29 is 9.47 Å². The van der Waals surface area contributed by atoms with Crippen LogP contribution in [0.2, 0.25) is 0 Å². The summed E-state index contributed by atoms with van der Waals surface area (Å²) in [5.41, 5.74) is 1.48. The monoisotopic (exact) mass is 298 g/mol. The second-order valence-electron chi connectivity index (χ2n) is 6.49. The third kappa shape index (κ3) is 4.90. The molecule has 0 radical (unpaired) electrons. The van der Waals surface area contributed by atoms with Crippen molar-refractivity contribution >= 4 is 11.6 Å². The van der Waals surface area contributed by atoms with E-state index in [0.29, 0.717) is 11.3 Å². The van der Waals surface area contributed by atoms with Gasteiger partial charge in [0.25, 0.3) is 0 Å². The van der Waals surface area contributed by atoms with Crippen molar-refractivity contribution in [2.75, 3.05) is 14.2 Å². The van der Waals surface area contributed by atoms with Crippen molar-refractivity contribution in [3.63, 3.8) is 0 Å². The molecule has 1 rings (SSSR count). The highest BCUT2D eigenvalue weighted by Gasteiger charge is 2.23. The lowest BCUT2D eigenvalue weighted by molar-refractivity contribution is 0.244. The first-order valence-electron chi connectivity index (χ1n) is 7.13. The van der Waals surface area contributed by atoms with Gasteiger partial charge < -0.3 is 9.47 Å². The zero-order valence-corrected chi connectivity index (χ0v) is 14.3. The molecule has 0 heterocycles. The molecule has 0 bridgehead atoms. The summed E-state index contributed by atoms with van der Waals surface area (Å²) in [6.45, 7) is 9.05. The Morgan fingerprint density at radius 1 is 1.10 bits per heavy atom. The molecule has 0 saturated carbocycles. The molecule has 0 aliphatic rings. The molecule has 3 heteroatoms. The van der Waals surface area contributed by atoms with E-state index in [-0.39, 0.29) is 5.38 Å². The summed E-state index contributed by atoms with van der Waals surface area (Å²) in [7, 11) is 3.30. The Labute approximate surface area is 128 Å². The maximum absolute atomic E-state index is 6.51. The van der Waals surface area contributed by atoms with Crippen molar-refractivity contribution in [3.05, 3.63) is 23.8 Å². The minimum Gasteiger partial charge on any atom is -0.493 e. The third-order valence-corrected chi connectivity index (χ3v) is 4.33. The van der Waals surface area contributed by atoms with Gasteiger partial charge in [-0.15, -0.1) is 11.6 Å². The van der Waals surface area contributed by atoms with Crippen molar-refractivity contribution in [1.82, 2.24) is 0 Å². The molecule has 114 valence electrons. The second kappa shape index (κ2) is 7.21. The zero-order chi connectivity index (χ0) is 15.3. The number of alkyl halides is 1. The van der Waals surface area contributed by atoms with E-state index < -0.39 is 0 Å². The molecular formula is C17H27ClO2. The van der Waals surface area contributed by atoms with Crippen LogP contribution in [0, 0.1) is 11.3 Å². The molecule has 2 unspecified atom stereocenters. The summed E-state index contributed by atoms with van der Waals surface area (Å²) >= 11 is 6.51. The molecular weight excluding hydrogens is 272 g/mol. The van der Waals surface area contributed by atoms with Crippen LogP contribution < -0.4 is 9.47 Å². The number of halogens is 1. The quantitative estimate of drug-likeness (QED) is 0.694. The first-order valence-corrected chi connectivity index (χ1v) is 7.56. The second-order valence-corrected chi connectivity index (χ2v) is 7.11. The predicted molar refractivity (Wildman–Crippen MR) is 86.1 cm³/mol. The Kier molecular flexibility index (Phi) is 6.19. The normalized spacial score (nSPS) is 14.8. The van der Waals surface area contributed by atoms with Gasteiger partial charge in [-0.1, -0.05) is 33.8 Å². The van der Waals surface area contributed by atoms with E-state index in [2.05, 4.69) is 33.8 Å². The van der Waals surface area contributed by atoms with Gasteiger partial charge in [-0.05, 0) is 41.9 Å². The van der Waals surface area contributed by atoms with Gasteiger partial charge >= 0.3 is 0 Å². The molecule has 0 spiro atoms. The summed E-state index contributed by atoms with van der Waals surface area (Å²) in [6.07, 6.45) is 1.86. The lowest BCUT2D eigenvalue weighted by atomic mass is 9.79. The van der Waals surface area contributed by atoms with Gasteiger partial charge in [-0.2, -0.15) is 0 Å². The Hall–Kier alpha value is -0.890. The Bertz CT molecular complexity index is 423. The molecule has 1 aromatic carbocycles. The van der Waals surface area contributed by atoms with E-state index in [9.17, 15) is 0 Å². The fourth-order valence-corrected chi connectivity index (χ4v) is 2.53. The fourth-order valence-electron chi connectivity index (χ4n) is 2.08. The maximum atomic E-state index is 6.51. The Morgan fingerprint density at radius 2 is 1.70 bits per heavy atom. The lowest BCUT2D eigenvalue weighted by Gasteiger charge is -2.29. The van der Waals surface area contributed by atoms with Crippen LogP contribution in [-0.2, 0) is 6.42 Å². The zero-order valence-electron chi connectivity index (χ0n) is 13.5. The molecule has 1 aromatic rings. The van der Waals surface area contributed by atoms with E-state index in [1.54, 1.807) is 14.2 Å². The van der Waals surface area contributed by atoms with Crippen LogP contribution in [0.5, 0.6) is 11.5 Å². The summed E-state index contributed by atoms with van der Waals surface area (Å²) in [5, 5.41) is 0.141. The molecule has 0 amide bonds. The topological polar surface area (TPSA) is 18.5 Å². The van der Waals surface area contributed by atoms with Gasteiger partial charge in [0.15, 0.2) is 11.5 Å². The van der Waals surface area contributed by atoms with Crippen LogP contribution in [0.3, 0.4) is 0 Å². The van der Waals surface area contributed by atoms with E-state index in [4.69, 9.17) is 21.1 Å². The van der Waals surface area contributed by atoms with Crippen molar-refractivity contribution in [1.29, 1.82) is 0 Å². The van der Waals surface area contributed by atoms with Gasteiger partial charge in [0.2, 0.25) is 0 Å². The van der Waals surface area contributed by atoms with Gasteiger partial charge in [0.05, 0.1) is 14.2 Å². The molecule has 2 atom stereocenters. The molecule has 20 heavy (non-hydrogen) atoms. The first kappa shape index (κ1) is 17.2. The highest BCUT2D eigenvalue weighted by Crippen LogP contribution is 2.32. The summed E-state index contributed by atoms with van der Waals surface area (Å²) in [4.78, 5) is 0. The summed E-state index contributed by atoms with van der Waals surface area (Å²) in [6, 6.07) is 6.00. The molecule has 0 fully saturated rings. The first-order chi connectivity index (χ1) is 9.27. The van der Waals surface area contributed by atoms with E-state index in [1.165, 1.54) is 5.56 Å². The van der Waals surface area contributed by atoms with E-state index in [1.807, 2.05) is 12.1 Å².